The smallest absolute Gasteiger partial charge is 0.00134 e. The molecular formula is C7H15NS. The molecule has 1 nitrogen and oxygen atoms in total. The highest BCUT2D eigenvalue weighted by molar-refractivity contribution is 7.99. The molecule has 0 aromatic rings. The average molecular weight is 145 g/mol. The molecule has 0 aliphatic carbocycles. The minimum Gasteiger partial charge on any atom is -0.328 e. The summed E-state index contributed by atoms with van der Waals surface area (Å²) in [6.45, 7) is 2.10. The molecular weight excluding hydrogens is 130 g/mol. The van der Waals surface area contributed by atoms with E-state index < -0.39 is 0 Å². The Bertz CT molecular complexity index is 77.0. The maximum absolute atomic E-state index is 5.66. The van der Waals surface area contributed by atoms with E-state index in [1.807, 2.05) is 0 Å². The normalized spacial score (nSPS) is 30.7. The Hall–Kier alpha value is 0.310. The van der Waals surface area contributed by atoms with E-state index in [1.165, 1.54) is 24.3 Å². The second-order valence-corrected chi connectivity index (χ2v) is 4.09. The van der Waals surface area contributed by atoms with E-state index >= 15 is 0 Å². The van der Waals surface area contributed by atoms with Crippen molar-refractivity contribution in [2.24, 2.45) is 11.7 Å². The van der Waals surface area contributed by atoms with Gasteiger partial charge in [0.05, 0.1) is 0 Å². The van der Waals surface area contributed by atoms with Gasteiger partial charge in [0.1, 0.15) is 0 Å². The van der Waals surface area contributed by atoms with Crippen LogP contribution in [0.3, 0.4) is 0 Å². The highest BCUT2D eigenvalue weighted by atomic mass is 32.2. The molecule has 1 aliphatic heterocycles. The van der Waals surface area contributed by atoms with E-state index in [0.29, 0.717) is 6.04 Å². The van der Waals surface area contributed by atoms with E-state index in [0.717, 1.165) is 5.92 Å². The number of thioether (sulfide) groups is 1. The fourth-order valence-corrected chi connectivity index (χ4v) is 2.60. The molecule has 54 valence electrons. The summed E-state index contributed by atoms with van der Waals surface area (Å²) in [6, 6.07) is 0.411. The molecule has 0 spiro atoms. The van der Waals surface area contributed by atoms with Gasteiger partial charge in [0.2, 0.25) is 0 Å². The Balaban J connectivity index is 2.11. The summed E-state index contributed by atoms with van der Waals surface area (Å²) >= 11 is 2.07. The molecule has 0 amide bonds. The summed E-state index contributed by atoms with van der Waals surface area (Å²) in [7, 11) is 0. The van der Waals surface area contributed by atoms with Gasteiger partial charge in [-0.25, -0.2) is 0 Å². The van der Waals surface area contributed by atoms with Crippen LogP contribution in [0.2, 0.25) is 0 Å². The molecule has 9 heavy (non-hydrogen) atoms. The van der Waals surface area contributed by atoms with Crippen LogP contribution in [-0.2, 0) is 0 Å². The summed E-state index contributed by atoms with van der Waals surface area (Å²) in [5.74, 6) is 3.63. The first-order chi connectivity index (χ1) is 4.29. The van der Waals surface area contributed by atoms with E-state index in [9.17, 15) is 0 Å². The van der Waals surface area contributed by atoms with Gasteiger partial charge in [-0.05, 0) is 37.2 Å². The Morgan fingerprint density at radius 3 is 3.00 bits per heavy atom. The predicted octanol–water partition coefficient (Wildman–Crippen LogP) is 1.48. The summed E-state index contributed by atoms with van der Waals surface area (Å²) in [6.07, 6.45) is 2.62. The topological polar surface area (TPSA) is 26.0 Å². The molecule has 1 rings (SSSR count). The zero-order chi connectivity index (χ0) is 6.69. The summed E-state index contributed by atoms with van der Waals surface area (Å²) in [5, 5.41) is 0. The van der Waals surface area contributed by atoms with Crippen molar-refractivity contribution in [3.8, 4) is 0 Å². The SMILES string of the molecule is C[C@@H](N)CC1CCSC1. The van der Waals surface area contributed by atoms with Crippen LogP contribution in [-0.4, -0.2) is 17.5 Å². The average Bonchev–Trinajstić information content (AvgIpc) is 2.15. The second-order valence-electron chi connectivity index (χ2n) is 2.94. The summed E-state index contributed by atoms with van der Waals surface area (Å²) in [4.78, 5) is 0. The van der Waals surface area contributed by atoms with Crippen molar-refractivity contribution in [1.82, 2.24) is 0 Å². The van der Waals surface area contributed by atoms with Crippen molar-refractivity contribution in [1.29, 1.82) is 0 Å². The molecule has 0 saturated carbocycles. The predicted molar refractivity (Wildman–Crippen MR) is 43.7 cm³/mol. The third kappa shape index (κ3) is 2.59. The maximum Gasteiger partial charge on any atom is 0.00134 e. The lowest BCUT2D eigenvalue weighted by Crippen LogP contribution is -2.19. The van der Waals surface area contributed by atoms with Crippen molar-refractivity contribution < 1.29 is 0 Å². The molecule has 1 aliphatic rings. The third-order valence-electron chi connectivity index (χ3n) is 1.73. The first-order valence-electron chi connectivity index (χ1n) is 3.62. The van der Waals surface area contributed by atoms with E-state index in [4.69, 9.17) is 5.73 Å². The van der Waals surface area contributed by atoms with Crippen molar-refractivity contribution in [3.63, 3.8) is 0 Å². The fourth-order valence-electron chi connectivity index (χ4n) is 1.30. The highest BCUT2D eigenvalue weighted by Gasteiger charge is 2.15. The lowest BCUT2D eigenvalue weighted by Gasteiger charge is -2.09. The van der Waals surface area contributed by atoms with Gasteiger partial charge in [-0.15, -0.1) is 0 Å². The zero-order valence-corrected chi connectivity index (χ0v) is 6.79. The molecule has 0 radical (unpaired) electrons. The van der Waals surface area contributed by atoms with E-state index in [2.05, 4.69) is 18.7 Å². The highest BCUT2D eigenvalue weighted by Crippen LogP contribution is 2.26. The number of nitrogens with two attached hydrogens (primary N) is 1. The molecule has 1 heterocycles. The summed E-state index contributed by atoms with van der Waals surface area (Å²) in [5.41, 5.74) is 5.66. The number of hydrogen-bond acceptors (Lipinski definition) is 2. The van der Waals surface area contributed by atoms with Gasteiger partial charge >= 0.3 is 0 Å². The molecule has 1 saturated heterocycles. The molecule has 0 bridgehead atoms. The Morgan fingerprint density at radius 2 is 2.56 bits per heavy atom. The first kappa shape index (κ1) is 7.42. The van der Waals surface area contributed by atoms with Crippen LogP contribution in [0.15, 0.2) is 0 Å². The largest absolute Gasteiger partial charge is 0.328 e. The van der Waals surface area contributed by atoms with E-state index in [-0.39, 0.29) is 0 Å². The lowest BCUT2D eigenvalue weighted by molar-refractivity contribution is 0.492. The van der Waals surface area contributed by atoms with Gasteiger partial charge in [0, 0.05) is 6.04 Å². The van der Waals surface area contributed by atoms with Crippen LogP contribution in [0.25, 0.3) is 0 Å². The molecule has 0 aromatic carbocycles. The summed E-state index contributed by atoms with van der Waals surface area (Å²) < 4.78 is 0. The molecule has 1 fully saturated rings. The zero-order valence-electron chi connectivity index (χ0n) is 5.97. The Labute approximate surface area is 61.4 Å². The van der Waals surface area contributed by atoms with Crippen molar-refractivity contribution in [3.05, 3.63) is 0 Å². The first-order valence-corrected chi connectivity index (χ1v) is 4.78. The van der Waals surface area contributed by atoms with Gasteiger partial charge in [-0.1, -0.05) is 0 Å². The maximum atomic E-state index is 5.66. The van der Waals surface area contributed by atoms with Crippen LogP contribution in [0.1, 0.15) is 19.8 Å². The van der Waals surface area contributed by atoms with Crippen LogP contribution in [0.4, 0.5) is 0 Å². The molecule has 2 heteroatoms. The van der Waals surface area contributed by atoms with Gasteiger partial charge in [0.15, 0.2) is 0 Å². The quantitative estimate of drug-likeness (QED) is 0.637. The standard InChI is InChI=1S/C7H15NS/c1-6(8)4-7-2-3-9-5-7/h6-7H,2-5,8H2,1H3/t6-,7?/m1/s1. The van der Waals surface area contributed by atoms with Gasteiger partial charge in [0.25, 0.3) is 0 Å². The van der Waals surface area contributed by atoms with Crippen molar-refractivity contribution >= 4 is 11.8 Å². The minimum atomic E-state index is 0.411. The lowest BCUT2D eigenvalue weighted by atomic mass is 10.0. The Kier molecular flexibility index (Phi) is 2.86. The van der Waals surface area contributed by atoms with Crippen molar-refractivity contribution in [2.75, 3.05) is 11.5 Å². The van der Waals surface area contributed by atoms with Gasteiger partial charge in [-0.3, -0.25) is 0 Å². The van der Waals surface area contributed by atoms with Crippen LogP contribution in [0, 0.1) is 5.92 Å². The fraction of sp³-hybridized carbons (Fsp3) is 1.00. The molecule has 2 N–H and O–H groups in total. The van der Waals surface area contributed by atoms with Crippen LogP contribution < -0.4 is 5.73 Å². The second kappa shape index (κ2) is 3.47. The molecule has 0 aromatic heterocycles. The van der Waals surface area contributed by atoms with Gasteiger partial charge < -0.3 is 5.73 Å². The molecule has 1 unspecified atom stereocenters. The minimum absolute atomic E-state index is 0.411. The van der Waals surface area contributed by atoms with Crippen LogP contribution >= 0.6 is 11.8 Å². The van der Waals surface area contributed by atoms with E-state index in [1.54, 1.807) is 0 Å². The van der Waals surface area contributed by atoms with Crippen LogP contribution in [0.5, 0.6) is 0 Å². The van der Waals surface area contributed by atoms with Gasteiger partial charge in [-0.2, -0.15) is 11.8 Å². The third-order valence-corrected chi connectivity index (χ3v) is 2.96. The monoisotopic (exact) mass is 145 g/mol. The molecule has 2 atom stereocenters. The number of hydrogen-bond donors (Lipinski definition) is 1. The number of rotatable bonds is 2. The van der Waals surface area contributed by atoms with Crippen molar-refractivity contribution in [2.45, 2.75) is 25.8 Å². The Morgan fingerprint density at radius 1 is 1.78 bits per heavy atom.